The van der Waals surface area contributed by atoms with Crippen LogP contribution in [0.4, 0.5) is 4.79 Å². The van der Waals surface area contributed by atoms with E-state index in [4.69, 9.17) is 4.74 Å². The lowest BCUT2D eigenvalue weighted by atomic mass is 9.90. The van der Waals surface area contributed by atoms with Crippen molar-refractivity contribution in [2.75, 3.05) is 7.11 Å². The zero-order valence-corrected chi connectivity index (χ0v) is 15.6. The standard InChI is InChI=1S/C21H29NO3/c1-4-5-6-7-8-12-18-15-17-11-9-10-13-19(17)20(14-16(2)23)22(18)21(24)25-3/h9-11,13,15,20H,4-8,12,14H2,1-3H3. The second-order valence-corrected chi connectivity index (χ2v) is 6.69. The van der Waals surface area contributed by atoms with E-state index >= 15 is 0 Å². The van der Waals surface area contributed by atoms with Gasteiger partial charge in [0.05, 0.1) is 13.2 Å². The van der Waals surface area contributed by atoms with Crippen LogP contribution in [0, 0.1) is 0 Å². The van der Waals surface area contributed by atoms with Gasteiger partial charge in [-0.2, -0.15) is 0 Å². The Morgan fingerprint density at radius 1 is 1.12 bits per heavy atom. The minimum atomic E-state index is -0.388. The number of carbonyl (C=O) groups excluding carboxylic acids is 2. The van der Waals surface area contributed by atoms with Crippen molar-refractivity contribution in [3.63, 3.8) is 0 Å². The minimum Gasteiger partial charge on any atom is -0.452 e. The van der Waals surface area contributed by atoms with Crippen molar-refractivity contribution in [2.24, 2.45) is 0 Å². The van der Waals surface area contributed by atoms with Gasteiger partial charge >= 0.3 is 6.09 Å². The van der Waals surface area contributed by atoms with Gasteiger partial charge < -0.3 is 4.74 Å². The van der Waals surface area contributed by atoms with E-state index in [2.05, 4.69) is 13.0 Å². The number of allylic oxidation sites excluding steroid dienone is 1. The molecule has 0 N–H and O–H groups in total. The van der Waals surface area contributed by atoms with E-state index in [1.54, 1.807) is 11.8 Å². The first-order valence-electron chi connectivity index (χ1n) is 9.24. The molecular formula is C21H29NO3. The Morgan fingerprint density at radius 2 is 1.84 bits per heavy atom. The second kappa shape index (κ2) is 9.40. The number of amides is 1. The van der Waals surface area contributed by atoms with Gasteiger partial charge in [0.1, 0.15) is 5.78 Å². The van der Waals surface area contributed by atoms with E-state index < -0.39 is 0 Å². The molecule has 25 heavy (non-hydrogen) atoms. The number of rotatable bonds is 8. The van der Waals surface area contributed by atoms with Crippen LogP contribution in [0.15, 0.2) is 30.0 Å². The van der Waals surface area contributed by atoms with Gasteiger partial charge in [0.25, 0.3) is 0 Å². The molecule has 4 heteroatoms. The van der Waals surface area contributed by atoms with Crippen LogP contribution in [0.5, 0.6) is 0 Å². The number of methoxy groups -OCH3 is 1. The predicted molar refractivity (Wildman–Crippen MR) is 100 cm³/mol. The average Bonchev–Trinajstić information content (AvgIpc) is 2.60. The Bertz CT molecular complexity index is 636. The largest absolute Gasteiger partial charge is 0.452 e. The van der Waals surface area contributed by atoms with Gasteiger partial charge in [0, 0.05) is 12.1 Å². The Labute approximate surface area is 150 Å². The molecule has 0 radical (unpaired) electrons. The highest BCUT2D eigenvalue weighted by atomic mass is 16.5. The topological polar surface area (TPSA) is 46.6 Å². The number of fused-ring (bicyclic) bond motifs is 1. The van der Waals surface area contributed by atoms with Crippen LogP contribution >= 0.6 is 0 Å². The summed E-state index contributed by atoms with van der Waals surface area (Å²) in [4.78, 5) is 26.0. The predicted octanol–water partition coefficient (Wildman–Crippen LogP) is 5.49. The van der Waals surface area contributed by atoms with Crippen molar-refractivity contribution < 1.29 is 14.3 Å². The highest BCUT2D eigenvalue weighted by Crippen LogP contribution is 2.38. The van der Waals surface area contributed by atoms with E-state index in [9.17, 15) is 9.59 Å². The van der Waals surface area contributed by atoms with Gasteiger partial charge in [-0.05, 0) is 37.0 Å². The molecule has 0 saturated carbocycles. The monoisotopic (exact) mass is 343 g/mol. The van der Waals surface area contributed by atoms with E-state index in [1.807, 2.05) is 24.3 Å². The lowest BCUT2D eigenvalue weighted by molar-refractivity contribution is -0.118. The number of benzene rings is 1. The second-order valence-electron chi connectivity index (χ2n) is 6.69. The van der Waals surface area contributed by atoms with Crippen LogP contribution in [-0.4, -0.2) is 23.9 Å². The summed E-state index contributed by atoms with van der Waals surface area (Å²) in [5.41, 5.74) is 3.06. The highest BCUT2D eigenvalue weighted by Gasteiger charge is 2.34. The molecule has 1 aliphatic heterocycles. The quantitative estimate of drug-likeness (QED) is 0.586. The van der Waals surface area contributed by atoms with Gasteiger partial charge in [-0.25, -0.2) is 4.79 Å². The third-order valence-corrected chi connectivity index (χ3v) is 4.69. The molecule has 0 spiro atoms. The first-order chi connectivity index (χ1) is 12.1. The van der Waals surface area contributed by atoms with Gasteiger partial charge in [-0.15, -0.1) is 0 Å². The Balaban J connectivity index is 2.28. The first kappa shape index (κ1) is 19.2. The summed E-state index contributed by atoms with van der Waals surface area (Å²) in [5, 5.41) is 0. The summed E-state index contributed by atoms with van der Waals surface area (Å²) in [6, 6.07) is 7.70. The molecule has 1 unspecified atom stereocenters. The lowest BCUT2D eigenvalue weighted by Crippen LogP contribution is -2.37. The smallest absolute Gasteiger partial charge is 0.414 e. The van der Waals surface area contributed by atoms with Gasteiger partial charge in [0.2, 0.25) is 0 Å². The van der Waals surface area contributed by atoms with E-state index in [1.165, 1.54) is 26.4 Å². The molecule has 1 aromatic rings. The Hall–Kier alpha value is -2.10. The van der Waals surface area contributed by atoms with Crippen molar-refractivity contribution in [1.82, 2.24) is 4.90 Å². The van der Waals surface area contributed by atoms with Crippen molar-refractivity contribution in [2.45, 2.75) is 64.8 Å². The van der Waals surface area contributed by atoms with Crippen LogP contribution in [0.25, 0.3) is 6.08 Å². The minimum absolute atomic E-state index is 0.0675. The normalized spacial score (nSPS) is 16.2. The maximum Gasteiger partial charge on any atom is 0.414 e. The van der Waals surface area contributed by atoms with E-state index in [-0.39, 0.29) is 17.9 Å². The molecule has 1 heterocycles. The maximum absolute atomic E-state index is 12.5. The van der Waals surface area contributed by atoms with E-state index in [0.717, 1.165) is 36.1 Å². The molecule has 2 rings (SSSR count). The van der Waals surface area contributed by atoms with Crippen molar-refractivity contribution >= 4 is 18.0 Å². The Kier molecular flexibility index (Phi) is 7.23. The molecule has 1 amide bonds. The molecule has 1 atom stereocenters. The third-order valence-electron chi connectivity index (χ3n) is 4.69. The van der Waals surface area contributed by atoms with E-state index in [0.29, 0.717) is 6.42 Å². The highest BCUT2D eigenvalue weighted by molar-refractivity contribution is 5.80. The maximum atomic E-state index is 12.5. The molecule has 0 bridgehead atoms. The summed E-state index contributed by atoms with van der Waals surface area (Å²) < 4.78 is 5.03. The number of carbonyl (C=O) groups is 2. The van der Waals surface area contributed by atoms with Crippen molar-refractivity contribution in [3.8, 4) is 0 Å². The molecule has 1 aliphatic rings. The SMILES string of the molecule is CCCCCCCC1=Cc2ccccc2C(CC(C)=O)N1C(=O)OC. The number of nitrogens with zero attached hydrogens (tertiary/aromatic N) is 1. The van der Waals surface area contributed by atoms with Gasteiger partial charge in [0.15, 0.2) is 0 Å². The number of hydrogen-bond donors (Lipinski definition) is 0. The molecule has 4 nitrogen and oxygen atoms in total. The zero-order chi connectivity index (χ0) is 18.2. The fourth-order valence-electron chi connectivity index (χ4n) is 3.45. The van der Waals surface area contributed by atoms with Gasteiger partial charge in [-0.1, -0.05) is 56.9 Å². The molecule has 0 saturated heterocycles. The van der Waals surface area contributed by atoms with Crippen molar-refractivity contribution in [1.29, 1.82) is 0 Å². The number of unbranched alkanes of at least 4 members (excludes halogenated alkanes) is 4. The van der Waals surface area contributed by atoms with Crippen LogP contribution in [0.2, 0.25) is 0 Å². The molecular weight excluding hydrogens is 314 g/mol. The van der Waals surface area contributed by atoms with Crippen molar-refractivity contribution in [3.05, 3.63) is 41.1 Å². The summed E-state index contributed by atoms with van der Waals surface area (Å²) in [7, 11) is 1.40. The van der Waals surface area contributed by atoms with Gasteiger partial charge in [-0.3, -0.25) is 9.69 Å². The van der Waals surface area contributed by atoms with Crippen LogP contribution in [0.1, 0.15) is 76.0 Å². The zero-order valence-electron chi connectivity index (χ0n) is 15.6. The van der Waals surface area contributed by atoms with Crippen LogP contribution < -0.4 is 0 Å². The fraction of sp³-hybridized carbons (Fsp3) is 0.524. The first-order valence-corrected chi connectivity index (χ1v) is 9.24. The molecule has 0 aliphatic carbocycles. The molecule has 0 aromatic heterocycles. The summed E-state index contributed by atoms with van der Waals surface area (Å²) in [6.45, 7) is 3.77. The summed E-state index contributed by atoms with van der Waals surface area (Å²) in [5.74, 6) is 0.0675. The molecule has 136 valence electrons. The summed E-state index contributed by atoms with van der Waals surface area (Å²) in [6.07, 6.45) is 8.67. The van der Waals surface area contributed by atoms with Crippen LogP contribution in [-0.2, 0) is 9.53 Å². The Morgan fingerprint density at radius 3 is 2.52 bits per heavy atom. The number of hydrogen-bond acceptors (Lipinski definition) is 3. The number of ether oxygens (including phenoxy) is 1. The summed E-state index contributed by atoms with van der Waals surface area (Å²) >= 11 is 0. The fourth-order valence-corrected chi connectivity index (χ4v) is 3.45. The molecule has 1 aromatic carbocycles. The average molecular weight is 343 g/mol. The molecule has 0 fully saturated rings. The number of ketones is 1. The van der Waals surface area contributed by atoms with Crippen LogP contribution in [0.3, 0.4) is 0 Å². The number of Topliss-reactive ketones (excluding diaryl/α,β-unsaturated/α-hetero) is 1. The lowest BCUT2D eigenvalue weighted by Gasteiger charge is -2.36. The third kappa shape index (κ3) is 4.94.